The minimum Gasteiger partial charge on any atom is -0.427 e. The van der Waals surface area contributed by atoms with E-state index in [1.54, 1.807) is 36.4 Å². The SMILES string of the molecule is CCCCC[C@H](O)/C=C/[C@H]1[C@H](O)CC(=O)[C@@H]1C/C=C\CCCC(=O)Oc1ccc(C[C@H](NC(C)=O)C(N)=O)cc1. The van der Waals surface area contributed by atoms with Crippen molar-refractivity contribution in [3.8, 4) is 5.75 Å². The van der Waals surface area contributed by atoms with Gasteiger partial charge in [0.05, 0.1) is 12.2 Å². The van der Waals surface area contributed by atoms with E-state index in [9.17, 15) is 29.4 Å². The lowest BCUT2D eigenvalue weighted by molar-refractivity contribution is -0.134. The molecule has 1 aromatic carbocycles. The van der Waals surface area contributed by atoms with Crippen LogP contribution in [0.4, 0.5) is 0 Å². The maximum atomic E-state index is 12.4. The highest BCUT2D eigenvalue weighted by Gasteiger charge is 2.39. The maximum absolute atomic E-state index is 12.4. The van der Waals surface area contributed by atoms with E-state index < -0.39 is 24.2 Å². The summed E-state index contributed by atoms with van der Waals surface area (Å²) in [5, 5.41) is 23.0. The third kappa shape index (κ3) is 11.8. The average Bonchev–Trinajstić information content (AvgIpc) is 3.16. The van der Waals surface area contributed by atoms with Gasteiger partial charge in [0.2, 0.25) is 11.8 Å². The number of nitrogens with two attached hydrogens (primary N) is 1. The van der Waals surface area contributed by atoms with E-state index in [1.165, 1.54) is 6.92 Å². The number of carbonyl (C=O) groups excluding carboxylic acids is 4. The van der Waals surface area contributed by atoms with Gasteiger partial charge in [0.25, 0.3) is 0 Å². The molecule has 0 spiro atoms. The molecular weight excluding hydrogens is 512 g/mol. The Morgan fingerprint density at radius 2 is 1.88 bits per heavy atom. The van der Waals surface area contributed by atoms with Crippen molar-refractivity contribution in [3.63, 3.8) is 0 Å². The van der Waals surface area contributed by atoms with Crippen molar-refractivity contribution in [2.45, 2.75) is 96.3 Å². The molecule has 0 radical (unpaired) electrons. The van der Waals surface area contributed by atoms with Gasteiger partial charge >= 0.3 is 5.97 Å². The Morgan fingerprint density at radius 1 is 1.15 bits per heavy atom. The molecule has 40 heavy (non-hydrogen) atoms. The lowest BCUT2D eigenvalue weighted by Crippen LogP contribution is -2.44. The zero-order chi connectivity index (χ0) is 29.5. The summed E-state index contributed by atoms with van der Waals surface area (Å²) in [6.45, 7) is 3.42. The highest BCUT2D eigenvalue weighted by atomic mass is 16.5. The van der Waals surface area contributed by atoms with Crippen LogP contribution in [0.25, 0.3) is 0 Å². The number of allylic oxidation sites excluding steroid dienone is 2. The van der Waals surface area contributed by atoms with Crippen LogP contribution >= 0.6 is 0 Å². The van der Waals surface area contributed by atoms with Crippen molar-refractivity contribution < 1.29 is 34.1 Å². The molecule has 220 valence electrons. The minimum atomic E-state index is -0.814. The van der Waals surface area contributed by atoms with Gasteiger partial charge in [0.15, 0.2) is 0 Å². The molecule has 9 heteroatoms. The van der Waals surface area contributed by atoms with Crippen molar-refractivity contribution in [1.29, 1.82) is 0 Å². The van der Waals surface area contributed by atoms with Crippen molar-refractivity contribution in [3.05, 3.63) is 54.1 Å². The highest BCUT2D eigenvalue weighted by Crippen LogP contribution is 2.33. The summed E-state index contributed by atoms with van der Waals surface area (Å²) >= 11 is 0. The molecule has 1 aliphatic carbocycles. The van der Waals surface area contributed by atoms with E-state index in [2.05, 4.69) is 12.2 Å². The van der Waals surface area contributed by atoms with E-state index in [4.69, 9.17) is 10.5 Å². The zero-order valence-corrected chi connectivity index (χ0v) is 23.6. The van der Waals surface area contributed by atoms with Gasteiger partial charge in [0, 0.05) is 38.0 Å². The number of Topliss-reactive ketones (excluding diaryl/α,β-unsaturated/α-hetero) is 1. The zero-order valence-electron chi connectivity index (χ0n) is 23.6. The minimum absolute atomic E-state index is 0.0298. The van der Waals surface area contributed by atoms with Gasteiger partial charge in [-0.3, -0.25) is 19.2 Å². The molecule has 0 heterocycles. The second-order valence-corrected chi connectivity index (χ2v) is 10.4. The molecule has 1 aliphatic rings. The Labute approximate surface area is 236 Å². The number of carbonyl (C=O) groups is 4. The smallest absolute Gasteiger partial charge is 0.311 e. The Kier molecular flexibility index (Phi) is 14.3. The second-order valence-electron chi connectivity index (χ2n) is 10.4. The Bertz CT molecular complexity index is 1030. The van der Waals surface area contributed by atoms with Crippen LogP contribution in [-0.4, -0.2) is 52.0 Å². The number of ketones is 1. The van der Waals surface area contributed by atoms with Crippen LogP contribution in [0, 0.1) is 11.8 Å². The van der Waals surface area contributed by atoms with Crippen LogP contribution in [-0.2, 0) is 25.6 Å². The van der Waals surface area contributed by atoms with Crippen LogP contribution < -0.4 is 15.8 Å². The molecule has 5 N–H and O–H groups in total. The largest absolute Gasteiger partial charge is 0.427 e. The molecule has 0 aliphatic heterocycles. The summed E-state index contributed by atoms with van der Waals surface area (Å²) < 4.78 is 5.37. The number of esters is 1. The summed E-state index contributed by atoms with van der Waals surface area (Å²) in [6, 6.07) is 5.86. The Hall–Kier alpha value is -3.30. The van der Waals surface area contributed by atoms with E-state index in [0.717, 1.165) is 24.8 Å². The lowest BCUT2D eigenvalue weighted by Gasteiger charge is -2.16. The Morgan fingerprint density at radius 3 is 2.52 bits per heavy atom. The fourth-order valence-electron chi connectivity index (χ4n) is 4.79. The molecule has 0 unspecified atom stereocenters. The fourth-order valence-corrected chi connectivity index (χ4v) is 4.79. The van der Waals surface area contributed by atoms with Crippen LogP contribution in [0.15, 0.2) is 48.6 Å². The summed E-state index contributed by atoms with van der Waals surface area (Å²) in [5.74, 6) is -1.54. The van der Waals surface area contributed by atoms with Gasteiger partial charge in [-0.2, -0.15) is 0 Å². The molecule has 9 nitrogen and oxygen atoms in total. The van der Waals surface area contributed by atoms with Crippen molar-refractivity contribution in [2.24, 2.45) is 17.6 Å². The van der Waals surface area contributed by atoms with Crippen molar-refractivity contribution in [1.82, 2.24) is 5.32 Å². The van der Waals surface area contributed by atoms with Gasteiger partial charge < -0.3 is 26.0 Å². The number of rotatable bonds is 17. The predicted molar refractivity (Wildman–Crippen MR) is 152 cm³/mol. The molecular formula is C31H44N2O7. The number of nitrogens with one attached hydrogen (secondary N) is 1. The van der Waals surface area contributed by atoms with Crippen molar-refractivity contribution >= 4 is 23.6 Å². The number of primary amides is 1. The predicted octanol–water partition coefficient (Wildman–Crippen LogP) is 3.30. The van der Waals surface area contributed by atoms with Crippen LogP contribution in [0.2, 0.25) is 0 Å². The molecule has 1 aromatic rings. The molecule has 2 rings (SSSR count). The maximum Gasteiger partial charge on any atom is 0.311 e. The molecule has 0 bridgehead atoms. The van der Waals surface area contributed by atoms with Gasteiger partial charge in [-0.15, -0.1) is 0 Å². The number of amides is 2. The number of ether oxygens (including phenoxy) is 1. The van der Waals surface area contributed by atoms with Gasteiger partial charge in [0.1, 0.15) is 17.6 Å². The first-order valence-corrected chi connectivity index (χ1v) is 14.2. The van der Waals surface area contributed by atoms with Gasteiger partial charge in [-0.05, 0) is 43.4 Å². The number of hydrogen-bond acceptors (Lipinski definition) is 7. The topological polar surface area (TPSA) is 156 Å². The molecule has 0 aromatic heterocycles. The molecule has 1 saturated carbocycles. The number of aliphatic hydroxyl groups excluding tert-OH is 2. The summed E-state index contributed by atoms with van der Waals surface area (Å²) in [5.41, 5.74) is 6.09. The van der Waals surface area contributed by atoms with Crippen molar-refractivity contribution in [2.75, 3.05) is 0 Å². The monoisotopic (exact) mass is 556 g/mol. The van der Waals surface area contributed by atoms with Crippen LogP contribution in [0.5, 0.6) is 5.75 Å². The molecule has 1 fully saturated rings. The quantitative estimate of drug-likeness (QED) is 0.0993. The van der Waals surface area contributed by atoms with Crippen LogP contribution in [0.1, 0.15) is 77.2 Å². The van der Waals surface area contributed by atoms with Gasteiger partial charge in [-0.25, -0.2) is 0 Å². The molecule has 5 atom stereocenters. The standard InChI is InChI=1S/C31H44N2O7/c1-3-4-7-10-23(35)15-18-26-25(28(36)20-29(26)37)11-8-5-6-9-12-30(38)40-24-16-13-22(14-17-24)19-27(31(32)39)33-21(2)34/h5,8,13-18,23,25-27,29,35,37H,3-4,6-7,9-12,19-20H2,1-2H3,(H2,32,39)(H,33,34)/b8-5-,18-15+/t23-,25+,26+,27-,29+/m0/s1. The lowest BCUT2D eigenvalue weighted by atomic mass is 9.90. The average molecular weight is 557 g/mol. The first-order valence-electron chi connectivity index (χ1n) is 14.2. The van der Waals surface area contributed by atoms with Crippen LogP contribution in [0.3, 0.4) is 0 Å². The fraction of sp³-hybridized carbons (Fsp3) is 0.548. The number of unbranched alkanes of at least 4 members (excludes halogenated alkanes) is 3. The van der Waals surface area contributed by atoms with E-state index in [1.807, 2.05) is 12.2 Å². The second kappa shape index (κ2) is 17.4. The summed E-state index contributed by atoms with van der Waals surface area (Å²) in [4.78, 5) is 47.3. The van der Waals surface area contributed by atoms with E-state index in [-0.39, 0.29) is 48.8 Å². The van der Waals surface area contributed by atoms with Gasteiger partial charge in [-0.1, -0.05) is 62.6 Å². The number of aliphatic hydroxyl groups is 2. The first kappa shape index (κ1) is 32.9. The number of hydrogen-bond donors (Lipinski definition) is 4. The third-order valence-electron chi connectivity index (χ3n) is 7.02. The van der Waals surface area contributed by atoms with E-state index >= 15 is 0 Å². The number of benzene rings is 1. The normalized spacial score (nSPS) is 20.6. The molecule has 0 saturated heterocycles. The Balaban J connectivity index is 1.73. The molecule has 2 amide bonds. The first-order chi connectivity index (χ1) is 19.1. The summed E-state index contributed by atoms with van der Waals surface area (Å²) in [7, 11) is 0. The summed E-state index contributed by atoms with van der Waals surface area (Å²) in [6.07, 6.45) is 12.2. The van der Waals surface area contributed by atoms with E-state index in [0.29, 0.717) is 31.4 Å². The third-order valence-corrected chi connectivity index (χ3v) is 7.02. The highest BCUT2D eigenvalue weighted by molar-refractivity contribution is 5.86.